The van der Waals surface area contributed by atoms with Crippen LogP contribution in [0, 0.1) is 0 Å². The van der Waals surface area contributed by atoms with Gasteiger partial charge in [0.15, 0.2) is 15.6 Å². The van der Waals surface area contributed by atoms with E-state index in [0.717, 1.165) is 12.2 Å². The van der Waals surface area contributed by atoms with E-state index in [1.54, 1.807) is 42.5 Å². The van der Waals surface area contributed by atoms with E-state index in [0.29, 0.717) is 30.2 Å². The first-order valence-corrected chi connectivity index (χ1v) is 11.5. The number of carbonyl (C=O) groups excluding carboxylic acids is 1. The molecule has 0 aliphatic rings. The molecule has 3 rings (SSSR count). The number of carbonyl (C=O) groups is 1. The minimum atomic E-state index is -3.57. The average molecular weight is 448 g/mol. The Bertz CT molecular complexity index is 1060. The Morgan fingerprint density at radius 1 is 1.00 bits per heavy atom. The largest absolute Gasteiger partial charge is 0.494 e. The number of hydrogen-bond acceptors (Lipinski definition) is 5. The first-order valence-electron chi connectivity index (χ1n) is 9.46. The summed E-state index contributed by atoms with van der Waals surface area (Å²) in [6, 6.07) is 16.7. The number of furan rings is 1. The number of amides is 1. The summed E-state index contributed by atoms with van der Waals surface area (Å²) in [6.07, 6.45) is 2.78. The highest BCUT2D eigenvalue weighted by atomic mass is 35.5. The zero-order chi connectivity index (χ0) is 21.4. The number of rotatable bonds is 10. The summed E-state index contributed by atoms with van der Waals surface area (Å²) >= 11 is 5.83. The Kier molecular flexibility index (Phi) is 7.54. The molecule has 0 atom stereocenters. The van der Waals surface area contributed by atoms with Gasteiger partial charge >= 0.3 is 0 Å². The first-order chi connectivity index (χ1) is 14.5. The predicted octanol–water partition coefficient (Wildman–Crippen LogP) is 4.50. The molecule has 8 heteroatoms. The van der Waals surface area contributed by atoms with Crippen molar-refractivity contribution in [3.05, 3.63) is 83.3 Å². The Morgan fingerprint density at radius 3 is 2.47 bits per heavy atom. The van der Waals surface area contributed by atoms with Crippen molar-refractivity contribution in [2.75, 3.05) is 13.2 Å². The number of halogens is 1. The molecule has 0 saturated heterocycles. The third kappa shape index (κ3) is 6.11. The molecule has 158 valence electrons. The summed E-state index contributed by atoms with van der Waals surface area (Å²) < 4.78 is 35.9. The van der Waals surface area contributed by atoms with Crippen LogP contribution in [-0.2, 0) is 15.6 Å². The molecule has 1 aromatic heterocycles. The lowest BCUT2D eigenvalue weighted by molar-refractivity contribution is 0.0923. The fourth-order valence-electron chi connectivity index (χ4n) is 2.79. The zero-order valence-corrected chi connectivity index (χ0v) is 17.8. The van der Waals surface area contributed by atoms with E-state index in [4.69, 9.17) is 20.8 Å². The van der Waals surface area contributed by atoms with Gasteiger partial charge < -0.3 is 14.5 Å². The van der Waals surface area contributed by atoms with E-state index in [-0.39, 0.29) is 16.4 Å². The van der Waals surface area contributed by atoms with Gasteiger partial charge in [0.05, 0.1) is 23.5 Å². The van der Waals surface area contributed by atoms with Crippen LogP contribution in [0.25, 0.3) is 0 Å². The molecule has 0 fully saturated rings. The zero-order valence-electron chi connectivity index (χ0n) is 16.2. The summed E-state index contributed by atoms with van der Waals surface area (Å²) in [7, 11) is -3.57. The molecule has 30 heavy (non-hydrogen) atoms. The van der Waals surface area contributed by atoms with E-state index in [9.17, 15) is 13.2 Å². The Balaban J connectivity index is 1.45. The Labute approximate surface area is 180 Å². The van der Waals surface area contributed by atoms with Crippen molar-refractivity contribution in [2.24, 2.45) is 0 Å². The van der Waals surface area contributed by atoms with Crippen LogP contribution in [0.1, 0.15) is 29.0 Å². The predicted molar refractivity (Wildman–Crippen MR) is 115 cm³/mol. The van der Waals surface area contributed by atoms with Crippen molar-refractivity contribution in [3.8, 4) is 5.75 Å². The Morgan fingerprint density at radius 2 is 1.73 bits per heavy atom. The molecule has 1 heterocycles. The second-order valence-electron chi connectivity index (χ2n) is 6.61. The SMILES string of the molecule is O=C(NCCCCOc1ccc(Cl)cc1)c1occc1CS(=O)(=O)c1ccccc1. The van der Waals surface area contributed by atoms with Crippen molar-refractivity contribution < 1.29 is 22.4 Å². The highest BCUT2D eigenvalue weighted by molar-refractivity contribution is 7.90. The van der Waals surface area contributed by atoms with Crippen LogP contribution < -0.4 is 10.1 Å². The normalized spacial score (nSPS) is 11.2. The number of hydrogen-bond donors (Lipinski definition) is 1. The van der Waals surface area contributed by atoms with E-state index in [1.807, 2.05) is 0 Å². The molecular formula is C22H22ClNO5S. The van der Waals surface area contributed by atoms with Crippen LogP contribution in [0.3, 0.4) is 0 Å². The standard InChI is InChI=1S/C22H22ClNO5S/c23-18-8-10-19(11-9-18)28-14-5-4-13-24-22(25)21-17(12-15-29-21)16-30(26,27)20-6-2-1-3-7-20/h1-3,6-12,15H,4-5,13-14,16H2,(H,24,25). The number of unbranched alkanes of at least 4 members (excludes halogenated alkanes) is 1. The minimum Gasteiger partial charge on any atom is -0.494 e. The molecular weight excluding hydrogens is 426 g/mol. The van der Waals surface area contributed by atoms with E-state index >= 15 is 0 Å². The number of benzene rings is 2. The fraction of sp³-hybridized carbons (Fsp3) is 0.227. The maximum Gasteiger partial charge on any atom is 0.287 e. The smallest absolute Gasteiger partial charge is 0.287 e. The topological polar surface area (TPSA) is 85.6 Å². The molecule has 0 bridgehead atoms. The van der Waals surface area contributed by atoms with Crippen LogP contribution in [0.5, 0.6) is 5.75 Å². The molecule has 1 N–H and O–H groups in total. The summed E-state index contributed by atoms with van der Waals surface area (Å²) in [5, 5.41) is 3.41. The van der Waals surface area contributed by atoms with Crippen molar-refractivity contribution in [3.63, 3.8) is 0 Å². The van der Waals surface area contributed by atoms with E-state index in [2.05, 4.69) is 5.32 Å². The first kappa shape index (κ1) is 21.9. The second kappa shape index (κ2) is 10.3. The molecule has 1 amide bonds. The second-order valence-corrected chi connectivity index (χ2v) is 9.04. The van der Waals surface area contributed by atoms with Crippen molar-refractivity contribution in [1.82, 2.24) is 5.32 Å². The van der Waals surface area contributed by atoms with Gasteiger partial charge in [-0.1, -0.05) is 29.8 Å². The van der Waals surface area contributed by atoms with Gasteiger partial charge in [0.1, 0.15) is 5.75 Å². The third-order valence-electron chi connectivity index (χ3n) is 4.34. The highest BCUT2D eigenvalue weighted by Gasteiger charge is 2.22. The van der Waals surface area contributed by atoms with Gasteiger partial charge in [0.25, 0.3) is 5.91 Å². The molecule has 0 aliphatic carbocycles. The van der Waals surface area contributed by atoms with Gasteiger partial charge in [-0.15, -0.1) is 0 Å². The molecule has 0 saturated carbocycles. The maximum atomic E-state index is 12.5. The lowest BCUT2D eigenvalue weighted by Crippen LogP contribution is -2.25. The average Bonchev–Trinajstić information content (AvgIpc) is 3.20. The van der Waals surface area contributed by atoms with Crippen LogP contribution in [-0.4, -0.2) is 27.5 Å². The monoisotopic (exact) mass is 447 g/mol. The lowest BCUT2D eigenvalue weighted by Gasteiger charge is -2.08. The summed E-state index contributed by atoms with van der Waals surface area (Å²) in [4.78, 5) is 12.6. The number of ether oxygens (including phenoxy) is 1. The van der Waals surface area contributed by atoms with E-state index < -0.39 is 15.7 Å². The maximum absolute atomic E-state index is 12.5. The Hall–Kier alpha value is -2.77. The fourth-order valence-corrected chi connectivity index (χ4v) is 4.30. The van der Waals surface area contributed by atoms with Crippen LogP contribution in [0.4, 0.5) is 0 Å². The lowest BCUT2D eigenvalue weighted by atomic mass is 10.2. The number of sulfone groups is 1. The van der Waals surface area contributed by atoms with Crippen molar-refractivity contribution in [1.29, 1.82) is 0 Å². The van der Waals surface area contributed by atoms with Gasteiger partial charge in [-0.25, -0.2) is 8.42 Å². The summed E-state index contributed by atoms with van der Waals surface area (Å²) in [5.74, 6) is 0.0256. The molecule has 0 aliphatic heterocycles. The van der Waals surface area contributed by atoms with E-state index in [1.165, 1.54) is 24.5 Å². The highest BCUT2D eigenvalue weighted by Crippen LogP contribution is 2.20. The molecule has 0 radical (unpaired) electrons. The van der Waals surface area contributed by atoms with Crippen LogP contribution >= 0.6 is 11.6 Å². The summed E-state index contributed by atoms with van der Waals surface area (Å²) in [6.45, 7) is 0.938. The molecule has 2 aromatic carbocycles. The quantitative estimate of drug-likeness (QED) is 0.462. The van der Waals surface area contributed by atoms with Gasteiger partial charge in [0, 0.05) is 17.1 Å². The van der Waals surface area contributed by atoms with Gasteiger partial charge in [-0.2, -0.15) is 0 Å². The van der Waals surface area contributed by atoms with Crippen molar-refractivity contribution >= 4 is 27.3 Å². The molecule has 6 nitrogen and oxygen atoms in total. The minimum absolute atomic E-state index is 0.0203. The molecule has 3 aromatic rings. The molecule has 0 spiro atoms. The number of nitrogens with one attached hydrogen (secondary N) is 1. The van der Waals surface area contributed by atoms with Gasteiger partial charge in [-0.3, -0.25) is 4.79 Å². The molecule has 0 unspecified atom stereocenters. The van der Waals surface area contributed by atoms with Crippen molar-refractivity contribution in [2.45, 2.75) is 23.5 Å². The summed E-state index contributed by atoms with van der Waals surface area (Å²) in [5.41, 5.74) is 0.336. The van der Waals surface area contributed by atoms with Gasteiger partial charge in [0.2, 0.25) is 0 Å². The van der Waals surface area contributed by atoms with Crippen LogP contribution in [0.2, 0.25) is 5.02 Å². The third-order valence-corrected chi connectivity index (χ3v) is 6.27. The van der Waals surface area contributed by atoms with Crippen LogP contribution in [0.15, 0.2) is 76.2 Å². The van der Waals surface area contributed by atoms with Gasteiger partial charge in [-0.05, 0) is 55.3 Å².